The van der Waals surface area contributed by atoms with Crippen LogP contribution in [0.2, 0.25) is 0 Å². The zero-order valence-corrected chi connectivity index (χ0v) is 14.7. The van der Waals surface area contributed by atoms with E-state index in [0.717, 1.165) is 38.5 Å². The summed E-state index contributed by atoms with van der Waals surface area (Å²) in [6.45, 7) is 0. The third-order valence-electron chi connectivity index (χ3n) is 4.46. The minimum atomic E-state index is -3.99. The quantitative estimate of drug-likeness (QED) is 0.388. The van der Waals surface area contributed by atoms with Gasteiger partial charge < -0.3 is 0 Å². The van der Waals surface area contributed by atoms with Crippen molar-refractivity contribution in [2.24, 2.45) is 0 Å². The first-order valence-electron chi connectivity index (χ1n) is 9.26. The van der Waals surface area contributed by atoms with Crippen molar-refractivity contribution >= 4 is 0 Å². The number of rotatable bonds is 10. The number of alkyl halides is 3. The molecule has 25 heavy (non-hydrogen) atoms. The van der Waals surface area contributed by atoms with E-state index in [-0.39, 0.29) is 6.42 Å². The summed E-state index contributed by atoms with van der Waals surface area (Å²) in [4.78, 5) is 0. The lowest BCUT2D eigenvalue weighted by atomic mass is 9.99. The van der Waals surface area contributed by atoms with Crippen LogP contribution in [-0.4, -0.2) is 6.18 Å². The van der Waals surface area contributed by atoms with Gasteiger partial charge in [-0.2, -0.15) is 13.2 Å². The monoisotopic (exact) mass is 348 g/mol. The first-order chi connectivity index (χ1) is 12.0. The smallest absolute Gasteiger partial charge is 0.171 e. The average molecular weight is 348 g/mol. The van der Waals surface area contributed by atoms with Gasteiger partial charge in [0.05, 0.1) is 0 Å². The fraction of sp³-hybridized carbons (Fsp3) is 0.455. The molecule has 0 bridgehead atoms. The van der Waals surface area contributed by atoms with Crippen LogP contribution in [0.3, 0.4) is 0 Å². The van der Waals surface area contributed by atoms with Gasteiger partial charge in [-0.3, -0.25) is 0 Å². The lowest BCUT2D eigenvalue weighted by Crippen LogP contribution is -2.06. The Morgan fingerprint density at radius 2 is 1.20 bits per heavy atom. The number of aryl methyl sites for hydroxylation is 1. The lowest BCUT2D eigenvalue weighted by molar-refractivity contribution is -0.135. The van der Waals surface area contributed by atoms with Crippen LogP contribution in [-0.2, 0) is 6.42 Å². The molecule has 0 heterocycles. The number of benzene rings is 2. The number of unbranched alkanes of at least 4 members (excludes halogenated alkanes) is 6. The van der Waals surface area contributed by atoms with Crippen LogP contribution in [0.1, 0.15) is 56.9 Å². The molecule has 0 unspecified atom stereocenters. The van der Waals surface area contributed by atoms with Gasteiger partial charge in [0.2, 0.25) is 0 Å². The van der Waals surface area contributed by atoms with Crippen LogP contribution in [0.4, 0.5) is 13.2 Å². The summed E-state index contributed by atoms with van der Waals surface area (Å²) < 4.78 is 36.1. The normalized spacial score (nSPS) is 11.6. The second-order valence-electron chi connectivity index (χ2n) is 6.66. The van der Waals surface area contributed by atoms with Crippen molar-refractivity contribution in [1.29, 1.82) is 0 Å². The Hall–Kier alpha value is -1.77. The van der Waals surface area contributed by atoms with Crippen molar-refractivity contribution in [3.63, 3.8) is 0 Å². The highest BCUT2D eigenvalue weighted by molar-refractivity contribution is 5.63. The van der Waals surface area contributed by atoms with Gasteiger partial charge in [-0.15, -0.1) is 0 Å². The molecule has 0 saturated heterocycles. The SMILES string of the molecule is FC(F)(F)CCCCCCCCCc1cccc(-c2ccccc2)c1. The van der Waals surface area contributed by atoms with Crippen LogP contribution in [0.15, 0.2) is 54.6 Å². The van der Waals surface area contributed by atoms with Gasteiger partial charge in [-0.25, -0.2) is 0 Å². The Morgan fingerprint density at radius 1 is 0.600 bits per heavy atom. The fourth-order valence-corrected chi connectivity index (χ4v) is 3.08. The molecule has 0 aliphatic heterocycles. The van der Waals surface area contributed by atoms with Crippen LogP contribution in [0.25, 0.3) is 11.1 Å². The third-order valence-corrected chi connectivity index (χ3v) is 4.46. The molecule has 0 atom stereocenters. The summed E-state index contributed by atoms with van der Waals surface area (Å²) in [5.41, 5.74) is 3.84. The molecule has 0 aromatic heterocycles. The van der Waals surface area contributed by atoms with E-state index in [2.05, 4.69) is 48.5 Å². The molecule has 2 aromatic carbocycles. The van der Waals surface area contributed by atoms with Gasteiger partial charge in [0.25, 0.3) is 0 Å². The summed E-state index contributed by atoms with van der Waals surface area (Å²) in [5.74, 6) is 0. The topological polar surface area (TPSA) is 0 Å². The van der Waals surface area contributed by atoms with E-state index in [0.29, 0.717) is 6.42 Å². The summed E-state index contributed by atoms with van der Waals surface area (Å²) in [6, 6.07) is 19.0. The van der Waals surface area contributed by atoms with E-state index >= 15 is 0 Å². The maximum absolute atomic E-state index is 12.0. The standard InChI is InChI=1S/C22H27F3/c23-22(24,25)17-10-5-3-1-2-4-7-12-19-13-11-16-21(18-19)20-14-8-6-9-15-20/h6,8-9,11,13-16,18H,1-5,7,10,12,17H2. The molecule has 0 saturated carbocycles. The first kappa shape index (κ1) is 19.6. The second kappa shape index (κ2) is 10.3. The molecule has 136 valence electrons. The molecule has 3 heteroatoms. The molecule has 0 radical (unpaired) electrons. The van der Waals surface area contributed by atoms with E-state index in [4.69, 9.17) is 0 Å². The Morgan fingerprint density at radius 3 is 1.88 bits per heavy atom. The summed E-state index contributed by atoms with van der Waals surface area (Å²) in [5, 5.41) is 0. The van der Waals surface area contributed by atoms with Gasteiger partial charge in [0.15, 0.2) is 0 Å². The van der Waals surface area contributed by atoms with Crippen molar-refractivity contribution in [1.82, 2.24) is 0 Å². The number of hydrogen-bond donors (Lipinski definition) is 0. The van der Waals surface area contributed by atoms with E-state index in [1.807, 2.05) is 6.07 Å². The first-order valence-corrected chi connectivity index (χ1v) is 9.26. The number of halogens is 3. The largest absolute Gasteiger partial charge is 0.389 e. The Labute approximate surface area is 149 Å². The minimum absolute atomic E-state index is 0.274. The average Bonchev–Trinajstić information content (AvgIpc) is 2.60. The second-order valence-corrected chi connectivity index (χ2v) is 6.66. The van der Waals surface area contributed by atoms with Crippen LogP contribution >= 0.6 is 0 Å². The van der Waals surface area contributed by atoms with Gasteiger partial charge in [0, 0.05) is 6.42 Å². The van der Waals surface area contributed by atoms with Crippen LogP contribution in [0, 0.1) is 0 Å². The molecular formula is C22H27F3. The molecule has 0 N–H and O–H groups in total. The van der Waals surface area contributed by atoms with Gasteiger partial charge in [0.1, 0.15) is 0 Å². The van der Waals surface area contributed by atoms with E-state index < -0.39 is 12.6 Å². The van der Waals surface area contributed by atoms with Crippen molar-refractivity contribution in [3.05, 3.63) is 60.2 Å². The van der Waals surface area contributed by atoms with Crippen molar-refractivity contribution in [3.8, 4) is 11.1 Å². The minimum Gasteiger partial charge on any atom is -0.171 e. The van der Waals surface area contributed by atoms with E-state index in [1.165, 1.54) is 16.7 Å². The Bertz CT molecular complexity index is 602. The highest BCUT2D eigenvalue weighted by atomic mass is 19.4. The molecule has 0 spiro atoms. The van der Waals surface area contributed by atoms with Crippen LogP contribution < -0.4 is 0 Å². The molecule has 0 amide bonds. The van der Waals surface area contributed by atoms with E-state index in [9.17, 15) is 13.2 Å². The zero-order valence-electron chi connectivity index (χ0n) is 14.7. The van der Waals surface area contributed by atoms with Crippen molar-refractivity contribution < 1.29 is 13.2 Å². The fourth-order valence-electron chi connectivity index (χ4n) is 3.08. The Kier molecular flexibility index (Phi) is 8.03. The molecule has 0 fully saturated rings. The Balaban J connectivity index is 1.60. The third kappa shape index (κ3) is 8.24. The van der Waals surface area contributed by atoms with Gasteiger partial charge in [-0.1, -0.05) is 86.7 Å². The number of hydrogen-bond acceptors (Lipinski definition) is 0. The molecule has 0 aliphatic rings. The maximum Gasteiger partial charge on any atom is 0.389 e. The van der Waals surface area contributed by atoms with Crippen LogP contribution in [0.5, 0.6) is 0 Å². The summed E-state index contributed by atoms with van der Waals surface area (Å²) in [7, 11) is 0. The van der Waals surface area contributed by atoms with Gasteiger partial charge >= 0.3 is 6.18 Å². The molecule has 2 rings (SSSR count). The highest BCUT2D eigenvalue weighted by Gasteiger charge is 2.25. The van der Waals surface area contributed by atoms with Crippen molar-refractivity contribution in [2.45, 2.75) is 64.0 Å². The summed E-state index contributed by atoms with van der Waals surface area (Å²) >= 11 is 0. The molecule has 0 nitrogen and oxygen atoms in total. The maximum atomic E-state index is 12.0. The summed E-state index contributed by atoms with van der Waals surface area (Å²) in [6.07, 6.45) is 2.77. The van der Waals surface area contributed by atoms with Crippen molar-refractivity contribution in [2.75, 3.05) is 0 Å². The molecular weight excluding hydrogens is 321 g/mol. The molecule has 0 aliphatic carbocycles. The van der Waals surface area contributed by atoms with E-state index in [1.54, 1.807) is 0 Å². The molecule has 2 aromatic rings. The highest BCUT2D eigenvalue weighted by Crippen LogP contribution is 2.23. The van der Waals surface area contributed by atoms with Gasteiger partial charge in [-0.05, 0) is 36.0 Å². The predicted molar refractivity (Wildman–Crippen MR) is 98.6 cm³/mol. The zero-order chi connectivity index (χ0) is 18.0. The predicted octanol–water partition coefficient (Wildman–Crippen LogP) is 7.58. The lowest BCUT2D eigenvalue weighted by Gasteiger charge is -2.07.